The maximum Gasteiger partial charge on any atom is 0.225 e. The Kier molecular flexibility index (Phi) is 6.23. The van der Waals surface area contributed by atoms with Crippen LogP contribution in [0.5, 0.6) is 0 Å². The lowest BCUT2D eigenvalue weighted by atomic mass is 10.1. The van der Waals surface area contributed by atoms with Crippen molar-refractivity contribution in [3.63, 3.8) is 0 Å². The van der Waals surface area contributed by atoms with E-state index in [1.807, 2.05) is 11.8 Å². The summed E-state index contributed by atoms with van der Waals surface area (Å²) < 4.78 is 15.4. The van der Waals surface area contributed by atoms with Crippen molar-refractivity contribution < 1.29 is 9.18 Å². The Hall–Kier alpha value is -3.03. The van der Waals surface area contributed by atoms with Crippen LogP contribution in [-0.2, 0) is 11.2 Å². The van der Waals surface area contributed by atoms with Gasteiger partial charge in [-0.25, -0.2) is 19.0 Å². The first-order chi connectivity index (χ1) is 16.4. The first-order valence-corrected chi connectivity index (χ1v) is 12.5. The van der Waals surface area contributed by atoms with E-state index < -0.39 is 0 Å². The molecule has 1 saturated heterocycles. The van der Waals surface area contributed by atoms with Gasteiger partial charge < -0.3 is 9.80 Å². The van der Waals surface area contributed by atoms with Gasteiger partial charge in [0.25, 0.3) is 0 Å². The normalized spacial score (nSPS) is 17.0. The summed E-state index contributed by atoms with van der Waals surface area (Å²) in [6, 6.07) is 6.34. The molecule has 1 aliphatic carbocycles. The molecule has 34 heavy (non-hydrogen) atoms. The minimum absolute atomic E-state index is 0.246. The van der Waals surface area contributed by atoms with E-state index in [-0.39, 0.29) is 11.7 Å². The molecule has 7 nitrogen and oxygen atoms in total. The Balaban J connectivity index is 1.54. The van der Waals surface area contributed by atoms with Crippen LogP contribution >= 0.6 is 0 Å². The number of anilines is 1. The number of amides is 1. The van der Waals surface area contributed by atoms with Crippen molar-refractivity contribution in [3.8, 4) is 5.69 Å². The topological polar surface area (TPSA) is 67.2 Å². The van der Waals surface area contributed by atoms with Gasteiger partial charge in [-0.05, 0) is 62.8 Å². The summed E-state index contributed by atoms with van der Waals surface area (Å²) in [7, 11) is 0. The van der Waals surface area contributed by atoms with Crippen LogP contribution in [0.25, 0.3) is 16.7 Å². The molecule has 5 rings (SSSR count). The number of carbonyl (C=O) groups is 1. The molecule has 0 unspecified atom stereocenters. The molecular weight excluding hydrogens is 431 g/mol. The molecule has 8 heteroatoms. The van der Waals surface area contributed by atoms with Gasteiger partial charge in [0.2, 0.25) is 5.91 Å². The van der Waals surface area contributed by atoms with Gasteiger partial charge in [0, 0.05) is 38.5 Å². The Morgan fingerprint density at radius 3 is 2.56 bits per heavy atom. The van der Waals surface area contributed by atoms with Crippen LogP contribution in [-0.4, -0.2) is 56.7 Å². The lowest BCUT2D eigenvalue weighted by molar-refractivity contribution is -0.132. The number of aromatic nitrogens is 4. The molecule has 0 atom stereocenters. The van der Waals surface area contributed by atoms with Crippen LogP contribution in [0.1, 0.15) is 51.0 Å². The zero-order chi connectivity index (χ0) is 23.8. The zero-order valence-corrected chi connectivity index (χ0v) is 20.3. The van der Waals surface area contributed by atoms with E-state index in [4.69, 9.17) is 15.1 Å². The van der Waals surface area contributed by atoms with Crippen molar-refractivity contribution in [1.82, 2.24) is 24.6 Å². The molecule has 1 aromatic carbocycles. The highest BCUT2D eigenvalue weighted by atomic mass is 19.1. The highest BCUT2D eigenvalue weighted by molar-refractivity contribution is 5.91. The predicted octanol–water partition coefficient (Wildman–Crippen LogP) is 4.30. The number of nitrogens with zero attached hydrogens (tertiary/aromatic N) is 6. The fourth-order valence-corrected chi connectivity index (χ4v) is 4.66. The highest BCUT2D eigenvalue weighted by Crippen LogP contribution is 2.33. The summed E-state index contributed by atoms with van der Waals surface area (Å²) in [5, 5.41) is 5.71. The van der Waals surface area contributed by atoms with Crippen LogP contribution in [0.15, 0.2) is 24.3 Å². The van der Waals surface area contributed by atoms with Gasteiger partial charge in [0.15, 0.2) is 5.65 Å². The summed E-state index contributed by atoms with van der Waals surface area (Å²) in [6.45, 7) is 9.48. The molecule has 0 spiro atoms. The Morgan fingerprint density at radius 1 is 1.09 bits per heavy atom. The Labute approximate surface area is 200 Å². The number of carbonyl (C=O) groups excluding carboxylic acids is 1. The van der Waals surface area contributed by atoms with Crippen molar-refractivity contribution in [1.29, 1.82) is 0 Å². The SMILES string of the molecule is Cc1nn(-c2ccc(F)cc2)c2nc(CCC(C)C)nc(N3CCCN(C(=O)C4CC4)CC3)c12. The van der Waals surface area contributed by atoms with Crippen LogP contribution in [0.2, 0.25) is 0 Å². The standard InChI is InChI=1S/C26H33FN6O/c1-17(2)5-12-22-28-24(31-13-4-14-32(16-15-31)26(34)19-6-7-19)23-18(3)30-33(25(23)29-22)21-10-8-20(27)9-11-21/h8-11,17,19H,4-7,12-16H2,1-3H3. The smallest absolute Gasteiger partial charge is 0.225 e. The summed E-state index contributed by atoms with van der Waals surface area (Å²) in [6.07, 6.45) is 4.77. The third-order valence-electron chi connectivity index (χ3n) is 6.78. The van der Waals surface area contributed by atoms with Gasteiger partial charge in [0.05, 0.1) is 16.8 Å². The molecule has 2 aliphatic rings. The molecule has 0 radical (unpaired) electrons. The van der Waals surface area contributed by atoms with E-state index in [0.29, 0.717) is 18.4 Å². The van der Waals surface area contributed by atoms with Crippen LogP contribution in [0.3, 0.4) is 0 Å². The van der Waals surface area contributed by atoms with Crippen LogP contribution in [0, 0.1) is 24.6 Å². The van der Waals surface area contributed by atoms with Gasteiger partial charge in [-0.2, -0.15) is 5.10 Å². The Morgan fingerprint density at radius 2 is 1.85 bits per heavy atom. The average Bonchev–Trinajstić information content (AvgIpc) is 3.64. The number of halogens is 1. The van der Waals surface area contributed by atoms with Crippen LogP contribution in [0.4, 0.5) is 10.2 Å². The summed E-state index contributed by atoms with van der Waals surface area (Å²) in [5.41, 5.74) is 2.37. The van der Waals surface area contributed by atoms with Crippen molar-refractivity contribution in [2.45, 2.75) is 52.9 Å². The molecular formula is C26H33FN6O. The number of hydrogen-bond donors (Lipinski definition) is 0. The van der Waals surface area contributed by atoms with Crippen molar-refractivity contribution in [2.75, 3.05) is 31.1 Å². The molecule has 2 fully saturated rings. The first kappa shape index (κ1) is 22.7. The van der Waals surface area contributed by atoms with E-state index in [9.17, 15) is 9.18 Å². The largest absolute Gasteiger partial charge is 0.354 e. The monoisotopic (exact) mass is 464 g/mol. The van der Waals surface area contributed by atoms with Crippen molar-refractivity contribution >= 4 is 22.8 Å². The number of rotatable bonds is 6. The lowest BCUT2D eigenvalue weighted by Gasteiger charge is -2.24. The van der Waals surface area contributed by atoms with Crippen LogP contribution < -0.4 is 4.90 Å². The third-order valence-corrected chi connectivity index (χ3v) is 6.78. The lowest BCUT2D eigenvalue weighted by Crippen LogP contribution is -2.36. The second kappa shape index (κ2) is 9.31. The van der Waals surface area contributed by atoms with Crippen molar-refractivity contribution in [2.24, 2.45) is 11.8 Å². The number of benzene rings is 1. The summed E-state index contributed by atoms with van der Waals surface area (Å²) >= 11 is 0. The maximum atomic E-state index is 13.6. The maximum absolute atomic E-state index is 13.6. The van der Waals surface area contributed by atoms with E-state index in [1.165, 1.54) is 12.1 Å². The second-order valence-corrected chi connectivity index (χ2v) is 10.0. The zero-order valence-electron chi connectivity index (χ0n) is 20.3. The fourth-order valence-electron chi connectivity index (χ4n) is 4.66. The molecule has 0 bridgehead atoms. The Bertz CT molecular complexity index is 1180. The number of hydrogen-bond acceptors (Lipinski definition) is 5. The predicted molar refractivity (Wildman–Crippen MR) is 131 cm³/mol. The molecule has 3 aromatic rings. The van der Waals surface area contributed by atoms with Gasteiger partial charge in [-0.1, -0.05) is 13.8 Å². The second-order valence-electron chi connectivity index (χ2n) is 10.0. The minimum atomic E-state index is -0.278. The molecule has 0 N–H and O–H groups in total. The number of aryl methyl sites for hydroxylation is 2. The molecule has 2 aromatic heterocycles. The molecule has 180 valence electrons. The molecule has 1 aliphatic heterocycles. The summed E-state index contributed by atoms with van der Waals surface area (Å²) in [4.78, 5) is 26.9. The molecule has 1 amide bonds. The third kappa shape index (κ3) is 4.63. The van der Waals surface area contributed by atoms with Gasteiger partial charge in [-0.3, -0.25) is 4.79 Å². The summed E-state index contributed by atoms with van der Waals surface area (Å²) in [5.74, 6) is 2.53. The molecule has 3 heterocycles. The first-order valence-electron chi connectivity index (χ1n) is 12.5. The van der Waals surface area contributed by atoms with Gasteiger partial charge >= 0.3 is 0 Å². The van der Waals surface area contributed by atoms with E-state index in [1.54, 1.807) is 16.8 Å². The number of fused-ring (bicyclic) bond motifs is 1. The van der Waals surface area contributed by atoms with E-state index in [0.717, 1.165) is 85.8 Å². The fraction of sp³-hybridized carbons (Fsp3) is 0.538. The quantitative estimate of drug-likeness (QED) is 0.544. The van der Waals surface area contributed by atoms with Crippen molar-refractivity contribution in [3.05, 3.63) is 41.6 Å². The van der Waals surface area contributed by atoms with E-state index in [2.05, 4.69) is 18.7 Å². The minimum Gasteiger partial charge on any atom is -0.354 e. The average molecular weight is 465 g/mol. The molecule has 1 saturated carbocycles. The van der Waals surface area contributed by atoms with Gasteiger partial charge in [-0.15, -0.1) is 0 Å². The van der Waals surface area contributed by atoms with E-state index >= 15 is 0 Å². The highest BCUT2D eigenvalue weighted by Gasteiger charge is 2.34. The van der Waals surface area contributed by atoms with Gasteiger partial charge in [0.1, 0.15) is 17.5 Å².